The van der Waals surface area contributed by atoms with Gasteiger partial charge in [-0.25, -0.2) is 0 Å². The van der Waals surface area contributed by atoms with E-state index in [0.29, 0.717) is 16.4 Å². The maximum Gasteiger partial charge on any atom is 0.0125 e. The second-order valence-electron chi connectivity index (χ2n) is 13.2. The van der Waals surface area contributed by atoms with Crippen LogP contribution in [0.2, 0.25) is 0 Å². The van der Waals surface area contributed by atoms with Crippen LogP contribution in [0, 0.1) is 16.7 Å². The largest absolute Gasteiger partial charge is 0.300 e. The lowest BCUT2D eigenvalue weighted by Gasteiger charge is -2.59. The fourth-order valence-corrected chi connectivity index (χ4v) is 6.80. The molecule has 0 aromatic carbocycles. The molecule has 29 heavy (non-hydrogen) atoms. The monoisotopic (exact) mass is 403 g/mol. The molecule has 168 valence electrons. The van der Waals surface area contributed by atoms with Crippen molar-refractivity contribution in [2.45, 2.75) is 111 Å². The van der Waals surface area contributed by atoms with Gasteiger partial charge in [0.25, 0.3) is 0 Å². The number of hydrogen-bond acceptors (Lipinski definition) is 3. The Morgan fingerprint density at radius 2 is 1.28 bits per heavy atom. The van der Waals surface area contributed by atoms with Gasteiger partial charge in [0.1, 0.15) is 0 Å². The van der Waals surface area contributed by atoms with Crippen LogP contribution in [0.5, 0.6) is 0 Å². The molecule has 0 bridgehead atoms. The molecule has 3 saturated heterocycles. The van der Waals surface area contributed by atoms with Crippen molar-refractivity contribution in [3.05, 3.63) is 0 Å². The summed E-state index contributed by atoms with van der Waals surface area (Å²) in [5.74, 6) is 0.888. The molecule has 1 saturated carbocycles. The Hall–Kier alpha value is -0.120. The minimum Gasteiger partial charge on any atom is -0.300 e. The van der Waals surface area contributed by atoms with E-state index in [0.717, 1.165) is 18.0 Å². The number of hydrogen-bond donors (Lipinski definition) is 0. The zero-order valence-electron chi connectivity index (χ0n) is 20.5. The average molecular weight is 404 g/mol. The van der Waals surface area contributed by atoms with Crippen LogP contribution in [0.3, 0.4) is 0 Å². The lowest BCUT2D eigenvalue weighted by atomic mass is 9.66. The number of nitrogens with zero attached hydrogens (tertiary/aromatic N) is 3. The van der Waals surface area contributed by atoms with Gasteiger partial charge in [0.2, 0.25) is 0 Å². The molecule has 1 atom stereocenters. The summed E-state index contributed by atoms with van der Waals surface area (Å²) in [6.07, 6.45) is 11.5. The maximum atomic E-state index is 2.88. The molecule has 3 heterocycles. The Balaban J connectivity index is 1.21. The van der Waals surface area contributed by atoms with Crippen molar-refractivity contribution in [1.82, 2.24) is 14.7 Å². The van der Waals surface area contributed by atoms with Crippen LogP contribution in [0.1, 0.15) is 92.9 Å². The van der Waals surface area contributed by atoms with Crippen LogP contribution >= 0.6 is 0 Å². The Morgan fingerprint density at radius 3 is 1.83 bits per heavy atom. The fraction of sp³-hybridized carbons (Fsp3) is 1.00. The highest BCUT2D eigenvalue weighted by Crippen LogP contribution is 2.47. The molecule has 4 fully saturated rings. The van der Waals surface area contributed by atoms with E-state index >= 15 is 0 Å². The minimum absolute atomic E-state index is 0.366. The van der Waals surface area contributed by atoms with Crippen molar-refractivity contribution >= 4 is 0 Å². The van der Waals surface area contributed by atoms with E-state index < -0.39 is 0 Å². The molecule has 0 amide bonds. The molecule has 0 N–H and O–H groups in total. The van der Waals surface area contributed by atoms with Crippen molar-refractivity contribution in [1.29, 1.82) is 0 Å². The summed E-state index contributed by atoms with van der Waals surface area (Å²) in [4.78, 5) is 8.46. The van der Waals surface area contributed by atoms with Crippen LogP contribution in [0.4, 0.5) is 0 Å². The van der Waals surface area contributed by atoms with Gasteiger partial charge in [0.15, 0.2) is 0 Å². The van der Waals surface area contributed by atoms with Crippen molar-refractivity contribution in [3.8, 4) is 0 Å². The van der Waals surface area contributed by atoms with E-state index in [1.54, 1.807) is 0 Å². The van der Waals surface area contributed by atoms with Gasteiger partial charge in [-0.05, 0) is 109 Å². The standard InChI is InChI=1S/C26H49N3/c1-24(2,3)21-8-7-15-28(18-21)23-11-16-27(17-12-23)22-9-13-26(14-10-22)19-29(20-26)25(4,5)6/h21-23H,7-20H2,1-6H3. The first-order chi connectivity index (χ1) is 13.6. The van der Waals surface area contributed by atoms with E-state index in [1.807, 2.05) is 0 Å². The Bertz CT molecular complexity index is 533. The third-order valence-electron chi connectivity index (χ3n) is 9.23. The smallest absolute Gasteiger partial charge is 0.0125 e. The lowest BCUT2D eigenvalue weighted by Crippen LogP contribution is -2.64. The molecule has 0 aromatic rings. The van der Waals surface area contributed by atoms with Gasteiger partial charge in [-0.15, -0.1) is 0 Å². The van der Waals surface area contributed by atoms with Crippen LogP contribution < -0.4 is 0 Å². The molecule has 0 radical (unpaired) electrons. The number of rotatable bonds is 2. The highest BCUT2D eigenvalue weighted by Gasteiger charge is 2.48. The third kappa shape index (κ3) is 4.88. The molecular weight excluding hydrogens is 354 g/mol. The normalized spacial score (nSPS) is 31.9. The Morgan fingerprint density at radius 1 is 0.690 bits per heavy atom. The minimum atomic E-state index is 0.366. The highest BCUT2D eigenvalue weighted by molar-refractivity contribution is 5.03. The maximum absolute atomic E-state index is 2.88. The van der Waals surface area contributed by atoms with Crippen LogP contribution in [0.25, 0.3) is 0 Å². The molecule has 1 spiro atoms. The summed E-state index contributed by atoms with van der Waals surface area (Å²) in [6.45, 7) is 22.6. The summed E-state index contributed by atoms with van der Waals surface area (Å²) in [5, 5.41) is 0. The van der Waals surface area contributed by atoms with E-state index in [9.17, 15) is 0 Å². The van der Waals surface area contributed by atoms with Crippen molar-refractivity contribution in [2.24, 2.45) is 16.7 Å². The first-order valence-corrected chi connectivity index (χ1v) is 12.8. The second-order valence-corrected chi connectivity index (χ2v) is 13.2. The first-order valence-electron chi connectivity index (χ1n) is 12.8. The zero-order valence-corrected chi connectivity index (χ0v) is 20.5. The third-order valence-corrected chi connectivity index (χ3v) is 9.23. The van der Waals surface area contributed by atoms with Gasteiger partial charge < -0.3 is 4.90 Å². The Labute approximate surface area is 181 Å². The zero-order chi connectivity index (χ0) is 20.9. The number of piperidine rings is 2. The van der Waals surface area contributed by atoms with E-state index in [-0.39, 0.29) is 0 Å². The highest BCUT2D eigenvalue weighted by atomic mass is 15.3. The van der Waals surface area contributed by atoms with Gasteiger partial charge >= 0.3 is 0 Å². The lowest BCUT2D eigenvalue weighted by molar-refractivity contribution is -0.0907. The van der Waals surface area contributed by atoms with Gasteiger partial charge in [0, 0.05) is 37.3 Å². The molecule has 4 rings (SSSR count). The topological polar surface area (TPSA) is 9.72 Å². The van der Waals surface area contributed by atoms with E-state index in [4.69, 9.17) is 0 Å². The SMILES string of the molecule is CC(C)(C)C1CCCN(C2CCN(C3CCC4(CC3)CN(C(C)(C)C)C4)CC2)C1. The molecule has 1 aliphatic carbocycles. The fourth-order valence-electron chi connectivity index (χ4n) is 6.80. The predicted molar refractivity (Wildman–Crippen MR) is 124 cm³/mol. The molecular formula is C26H49N3. The van der Waals surface area contributed by atoms with Crippen LogP contribution in [-0.2, 0) is 0 Å². The quantitative estimate of drug-likeness (QED) is 0.623. The molecule has 0 aromatic heterocycles. The van der Waals surface area contributed by atoms with E-state index in [1.165, 1.54) is 90.6 Å². The molecule has 3 heteroatoms. The van der Waals surface area contributed by atoms with E-state index in [2.05, 4.69) is 56.2 Å². The predicted octanol–water partition coefficient (Wildman–Crippen LogP) is 5.25. The van der Waals surface area contributed by atoms with Crippen molar-refractivity contribution in [2.75, 3.05) is 39.3 Å². The van der Waals surface area contributed by atoms with Crippen molar-refractivity contribution < 1.29 is 0 Å². The summed E-state index contributed by atoms with van der Waals surface area (Å²) >= 11 is 0. The first kappa shape index (κ1) is 22.1. The summed E-state index contributed by atoms with van der Waals surface area (Å²) < 4.78 is 0. The number of likely N-dealkylation sites (tertiary alicyclic amines) is 3. The average Bonchev–Trinajstić information content (AvgIpc) is 2.65. The van der Waals surface area contributed by atoms with Gasteiger partial charge in [-0.1, -0.05) is 20.8 Å². The molecule has 3 aliphatic heterocycles. The van der Waals surface area contributed by atoms with Crippen molar-refractivity contribution in [3.63, 3.8) is 0 Å². The van der Waals surface area contributed by atoms with Gasteiger partial charge in [-0.3, -0.25) is 9.80 Å². The molecule has 3 nitrogen and oxygen atoms in total. The molecule has 1 unspecified atom stereocenters. The summed E-state index contributed by atoms with van der Waals surface area (Å²) in [7, 11) is 0. The van der Waals surface area contributed by atoms with Crippen LogP contribution in [0.15, 0.2) is 0 Å². The van der Waals surface area contributed by atoms with Gasteiger partial charge in [0.05, 0.1) is 0 Å². The Kier molecular flexibility index (Phi) is 6.17. The summed E-state index contributed by atoms with van der Waals surface area (Å²) in [6, 6.07) is 1.74. The summed E-state index contributed by atoms with van der Waals surface area (Å²) in [5.41, 5.74) is 1.52. The second kappa shape index (κ2) is 8.10. The van der Waals surface area contributed by atoms with Gasteiger partial charge in [-0.2, -0.15) is 0 Å². The van der Waals surface area contributed by atoms with Crippen LogP contribution in [-0.4, -0.2) is 71.6 Å². The molecule has 4 aliphatic rings.